The molecule has 12 heteroatoms. The van der Waals surface area contributed by atoms with Gasteiger partial charge >= 0.3 is 0 Å². The van der Waals surface area contributed by atoms with Crippen LogP contribution < -0.4 is 21.6 Å². The quantitative estimate of drug-likeness (QED) is 0.157. The van der Waals surface area contributed by atoms with Gasteiger partial charge in [-0.2, -0.15) is 15.4 Å². The van der Waals surface area contributed by atoms with Crippen molar-refractivity contribution in [3.63, 3.8) is 0 Å². The second kappa shape index (κ2) is 9.66. The van der Waals surface area contributed by atoms with Crippen molar-refractivity contribution in [1.82, 2.24) is 35.1 Å². The van der Waals surface area contributed by atoms with Gasteiger partial charge in [0.15, 0.2) is 11.6 Å². The SMILES string of the molecule is COc1ccc(-c2cn[nH]n2)c(CNC(=O)/C(N)=C/N(N)Cc2cn3cc(C4CC4)ccc3n2)c1F. The zero-order valence-electron chi connectivity index (χ0n) is 19.6. The van der Waals surface area contributed by atoms with Gasteiger partial charge in [-0.15, -0.1) is 0 Å². The van der Waals surface area contributed by atoms with Crippen LogP contribution in [-0.4, -0.2) is 42.8 Å². The third-order valence-corrected chi connectivity index (χ3v) is 6.03. The minimum atomic E-state index is -0.613. The van der Waals surface area contributed by atoms with Gasteiger partial charge < -0.3 is 25.2 Å². The average molecular weight is 492 g/mol. The van der Waals surface area contributed by atoms with E-state index in [1.165, 1.54) is 49.0 Å². The summed E-state index contributed by atoms with van der Waals surface area (Å²) in [5.74, 6) is 5.53. The molecule has 1 aromatic carbocycles. The largest absolute Gasteiger partial charge is 0.494 e. The molecular weight excluding hydrogens is 465 g/mol. The number of aromatic nitrogens is 5. The Labute approximate surface area is 205 Å². The molecule has 11 nitrogen and oxygen atoms in total. The van der Waals surface area contributed by atoms with E-state index in [4.69, 9.17) is 16.3 Å². The van der Waals surface area contributed by atoms with Crippen molar-refractivity contribution in [3.05, 3.63) is 77.4 Å². The summed E-state index contributed by atoms with van der Waals surface area (Å²) in [4.78, 5) is 17.2. The van der Waals surface area contributed by atoms with Gasteiger partial charge in [0.25, 0.3) is 5.91 Å². The summed E-state index contributed by atoms with van der Waals surface area (Å²) < 4.78 is 22.0. The van der Waals surface area contributed by atoms with Crippen molar-refractivity contribution >= 4 is 11.6 Å². The maximum atomic E-state index is 15.0. The molecule has 0 aliphatic heterocycles. The van der Waals surface area contributed by atoms with Crippen molar-refractivity contribution < 1.29 is 13.9 Å². The summed E-state index contributed by atoms with van der Waals surface area (Å²) in [5.41, 5.74) is 9.74. The number of amides is 1. The predicted octanol–water partition coefficient (Wildman–Crippen LogP) is 1.94. The lowest BCUT2D eigenvalue weighted by Gasteiger charge is -2.15. The summed E-state index contributed by atoms with van der Waals surface area (Å²) in [7, 11) is 1.36. The highest BCUT2D eigenvalue weighted by Gasteiger charge is 2.24. The molecule has 3 aromatic heterocycles. The predicted molar refractivity (Wildman–Crippen MR) is 129 cm³/mol. The molecule has 3 heterocycles. The van der Waals surface area contributed by atoms with Crippen LogP contribution in [0.5, 0.6) is 5.75 Å². The first-order valence-corrected chi connectivity index (χ1v) is 11.4. The summed E-state index contributed by atoms with van der Waals surface area (Å²) >= 11 is 0. The van der Waals surface area contributed by atoms with E-state index in [-0.39, 0.29) is 30.1 Å². The van der Waals surface area contributed by atoms with Gasteiger partial charge in [-0.3, -0.25) is 4.79 Å². The number of carbonyl (C=O) groups excluding carboxylic acids is 1. The van der Waals surface area contributed by atoms with Crippen molar-refractivity contribution in [2.24, 2.45) is 11.6 Å². The fourth-order valence-electron chi connectivity index (χ4n) is 4.04. The Bertz CT molecular complexity index is 1430. The number of nitrogens with one attached hydrogen (secondary N) is 2. The highest BCUT2D eigenvalue weighted by molar-refractivity contribution is 5.92. The number of pyridine rings is 1. The van der Waals surface area contributed by atoms with Crippen LogP contribution in [0, 0.1) is 5.82 Å². The van der Waals surface area contributed by atoms with Crippen LogP contribution in [0.15, 0.2) is 54.8 Å². The molecule has 6 N–H and O–H groups in total. The number of hydrogen-bond acceptors (Lipinski definition) is 8. The second-order valence-electron chi connectivity index (χ2n) is 8.64. The Morgan fingerprint density at radius 2 is 2.17 bits per heavy atom. The topological polar surface area (TPSA) is 152 Å². The van der Waals surface area contributed by atoms with E-state index < -0.39 is 11.7 Å². The first-order valence-electron chi connectivity index (χ1n) is 11.4. The Morgan fingerprint density at radius 3 is 2.89 bits per heavy atom. The molecule has 36 heavy (non-hydrogen) atoms. The summed E-state index contributed by atoms with van der Waals surface area (Å²) in [6.45, 7) is 0.0914. The number of imidazole rings is 1. The van der Waals surface area contributed by atoms with Crippen LogP contribution in [0.1, 0.15) is 35.6 Å². The van der Waals surface area contributed by atoms with Crippen molar-refractivity contribution in [1.29, 1.82) is 0 Å². The Morgan fingerprint density at radius 1 is 1.33 bits per heavy atom. The number of benzene rings is 1. The number of nitrogens with two attached hydrogens (primary N) is 2. The molecule has 0 atom stereocenters. The van der Waals surface area contributed by atoms with Crippen LogP contribution in [0.25, 0.3) is 16.9 Å². The Kier molecular flexibility index (Phi) is 6.25. The number of rotatable bonds is 9. The maximum absolute atomic E-state index is 15.0. The van der Waals surface area contributed by atoms with Gasteiger partial charge in [0.05, 0.1) is 25.5 Å². The lowest BCUT2D eigenvalue weighted by molar-refractivity contribution is -0.117. The van der Waals surface area contributed by atoms with Gasteiger partial charge in [-0.25, -0.2) is 15.2 Å². The molecule has 4 aromatic rings. The molecule has 1 fully saturated rings. The highest BCUT2D eigenvalue weighted by atomic mass is 19.1. The molecule has 0 saturated heterocycles. The molecule has 0 unspecified atom stereocenters. The first kappa shape index (κ1) is 23.3. The smallest absolute Gasteiger partial charge is 0.268 e. The molecule has 1 aliphatic carbocycles. The normalized spacial score (nSPS) is 13.7. The standard InChI is InChI=1S/C24H26FN9O2/c1-36-21-6-5-17(20-9-29-32-31-20)18(23(21)25)8-28-24(35)19(26)13-34(27)12-16-11-33-10-15(14-2-3-14)4-7-22(33)30-16/h4-7,9-11,13-14H,2-3,8,12,26-27H2,1H3,(H,28,35)(H,29,31,32)/b19-13-. The number of carbonyl (C=O) groups is 1. The molecule has 1 saturated carbocycles. The molecule has 5 rings (SSSR count). The van der Waals surface area contributed by atoms with Crippen LogP contribution in [0.4, 0.5) is 4.39 Å². The summed E-state index contributed by atoms with van der Waals surface area (Å²) in [5, 5.41) is 14.1. The Hall–Kier alpha value is -4.45. The van der Waals surface area contributed by atoms with Gasteiger partial charge in [0.2, 0.25) is 0 Å². The number of hydrazine groups is 1. The monoisotopic (exact) mass is 491 g/mol. The van der Waals surface area contributed by atoms with E-state index >= 15 is 0 Å². The zero-order valence-corrected chi connectivity index (χ0v) is 19.6. The molecule has 1 aliphatic rings. The fraction of sp³-hybridized carbons (Fsp3) is 0.250. The van der Waals surface area contributed by atoms with E-state index in [0.717, 1.165) is 11.3 Å². The van der Waals surface area contributed by atoms with E-state index in [0.29, 0.717) is 17.2 Å². The van der Waals surface area contributed by atoms with Crippen molar-refractivity contribution in [2.75, 3.05) is 7.11 Å². The van der Waals surface area contributed by atoms with E-state index in [2.05, 4.69) is 38.0 Å². The number of halogens is 1. The zero-order chi connectivity index (χ0) is 25.2. The van der Waals surface area contributed by atoms with Crippen LogP contribution >= 0.6 is 0 Å². The third-order valence-electron chi connectivity index (χ3n) is 6.03. The molecular formula is C24H26FN9O2. The molecule has 186 valence electrons. The molecule has 0 bridgehead atoms. The van der Waals surface area contributed by atoms with Crippen LogP contribution in [0.3, 0.4) is 0 Å². The van der Waals surface area contributed by atoms with E-state index in [1.807, 2.05) is 16.7 Å². The number of fused-ring (bicyclic) bond motifs is 1. The Balaban J connectivity index is 1.25. The molecule has 0 radical (unpaired) electrons. The lowest BCUT2D eigenvalue weighted by Crippen LogP contribution is -2.32. The number of methoxy groups -OCH3 is 1. The fourth-order valence-corrected chi connectivity index (χ4v) is 4.04. The van der Waals surface area contributed by atoms with Crippen molar-refractivity contribution in [2.45, 2.75) is 31.8 Å². The average Bonchev–Trinajstić information content (AvgIpc) is 3.41. The number of ether oxygens (including phenoxy) is 1. The van der Waals surface area contributed by atoms with Gasteiger partial charge in [-0.1, -0.05) is 6.07 Å². The lowest BCUT2D eigenvalue weighted by atomic mass is 10.0. The minimum Gasteiger partial charge on any atom is -0.494 e. The van der Waals surface area contributed by atoms with Gasteiger partial charge in [0.1, 0.15) is 17.0 Å². The van der Waals surface area contributed by atoms with Crippen LogP contribution in [-0.2, 0) is 17.9 Å². The maximum Gasteiger partial charge on any atom is 0.268 e. The number of aromatic amines is 1. The van der Waals surface area contributed by atoms with E-state index in [9.17, 15) is 9.18 Å². The summed E-state index contributed by atoms with van der Waals surface area (Å²) in [6, 6.07) is 7.22. The third kappa shape index (κ3) is 4.84. The van der Waals surface area contributed by atoms with Crippen LogP contribution in [0.2, 0.25) is 0 Å². The first-order chi connectivity index (χ1) is 17.4. The minimum absolute atomic E-state index is 0.0415. The van der Waals surface area contributed by atoms with Gasteiger partial charge in [-0.05, 0) is 42.5 Å². The van der Waals surface area contributed by atoms with E-state index in [1.54, 1.807) is 6.07 Å². The highest BCUT2D eigenvalue weighted by Crippen LogP contribution is 2.39. The molecule has 1 amide bonds. The summed E-state index contributed by atoms with van der Waals surface area (Å²) in [6.07, 6.45) is 9.22. The molecule has 0 spiro atoms. The van der Waals surface area contributed by atoms with Crippen molar-refractivity contribution in [3.8, 4) is 17.0 Å². The number of H-pyrrole nitrogens is 1. The number of hydrogen-bond donors (Lipinski definition) is 4. The van der Waals surface area contributed by atoms with Gasteiger partial charge in [0, 0.05) is 36.3 Å². The number of nitrogens with zero attached hydrogens (tertiary/aromatic N) is 5. The second-order valence-corrected chi connectivity index (χ2v) is 8.64.